The van der Waals surface area contributed by atoms with E-state index in [0.29, 0.717) is 24.5 Å². The van der Waals surface area contributed by atoms with Crippen LogP contribution < -0.4 is 14.8 Å². The Kier molecular flexibility index (Phi) is 5.71. The Morgan fingerprint density at radius 2 is 1.81 bits per heavy atom. The van der Waals surface area contributed by atoms with E-state index >= 15 is 0 Å². The molecule has 1 aromatic heterocycles. The lowest BCUT2D eigenvalue weighted by molar-refractivity contribution is -0.118. The smallest absolute Gasteiger partial charge is 0.162 e. The van der Waals surface area contributed by atoms with Crippen LogP contribution in [0.5, 0.6) is 11.5 Å². The van der Waals surface area contributed by atoms with E-state index in [1.807, 2.05) is 66.9 Å². The number of ether oxygens (including phenoxy) is 2. The molecule has 1 N–H and O–H groups in total. The molecule has 37 heavy (non-hydrogen) atoms. The fourth-order valence-electron chi connectivity index (χ4n) is 5.69. The lowest BCUT2D eigenvalue weighted by Gasteiger charge is -2.40. The number of Topliss-reactive ketones (excluding diaryl/α,β-unsaturated/α-hetero) is 1. The monoisotopic (exact) mass is 490 g/mol. The highest BCUT2D eigenvalue weighted by atomic mass is 16.5. The van der Waals surface area contributed by atoms with Crippen molar-refractivity contribution in [2.24, 2.45) is 5.41 Å². The average Bonchev–Trinajstić information content (AvgIpc) is 2.91. The van der Waals surface area contributed by atoms with Crippen molar-refractivity contribution in [2.45, 2.75) is 39.3 Å². The molecule has 1 atom stereocenters. The molecule has 0 saturated carbocycles. The van der Waals surface area contributed by atoms with Crippen LogP contribution >= 0.6 is 0 Å². The third-order valence-corrected chi connectivity index (χ3v) is 7.35. The van der Waals surface area contributed by atoms with Gasteiger partial charge in [0, 0.05) is 34.8 Å². The Morgan fingerprint density at radius 3 is 2.62 bits per heavy atom. The van der Waals surface area contributed by atoms with E-state index in [2.05, 4.69) is 36.3 Å². The van der Waals surface area contributed by atoms with E-state index in [0.717, 1.165) is 50.8 Å². The van der Waals surface area contributed by atoms with Gasteiger partial charge in [0.25, 0.3) is 0 Å². The maximum atomic E-state index is 13.7. The van der Waals surface area contributed by atoms with Crippen molar-refractivity contribution in [3.05, 3.63) is 101 Å². The molecule has 0 saturated heterocycles. The van der Waals surface area contributed by atoms with Crippen LogP contribution in [0, 0.1) is 5.41 Å². The first-order chi connectivity index (χ1) is 17.9. The number of carbonyl (C=O) groups is 1. The summed E-state index contributed by atoms with van der Waals surface area (Å²) in [6.07, 6.45) is 3.17. The Balaban J connectivity index is 1.43. The van der Waals surface area contributed by atoms with E-state index in [4.69, 9.17) is 9.47 Å². The van der Waals surface area contributed by atoms with E-state index in [1.54, 1.807) is 7.11 Å². The first-order valence-electron chi connectivity index (χ1n) is 12.7. The Morgan fingerprint density at radius 1 is 0.973 bits per heavy atom. The number of fused-ring (bicyclic) bond motifs is 4. The number of aromatic nitrogens is 1. The minimum Gasteiger partial charge on any atom is -0.493 e. The summed E-state index contributed by atoms with van der Waals surface area (Å²) in [5.41, 5.74) is 7.00. The second-order valence-electron chi connectivity index (χ2n) is 10.7. The van der Waals surface area contributed by atoms with Gasteiger partial charge < -0.3 is 14.8 Å². The number of allylic oxidation sites excluding steroid dienone is 1. The fourth-order valence-corrected chi connectivity index (χ4v) is 5.69. The Hall–Kier alpha value is -4.12. The number of pyridine rings is 1. The van der Waals surface area contributed by atoms with Crippen molar-refractivity contribution in [2.75, 3.05) is 12.4 Å². The third kappa shape index (κ3) is 4.25. The van der Waals surface area contributed by atoms with Gasteiger partial charge in [-0.1, -0.05) is 56.3 Å². The van der Waals surface area contributed by atoms with Crippen molar-refractivity contribution in [1.29, 1.82) is 0 Å². The molecule has 0 amide bonds. The summed E-state index contributed by atoms with van der Waals surface area (Å²) in [5.74, 6) is 1.52. The molecule has 0 bridgehead atoms. The van der Waals surface area contributed by atoms with Gasteiger partial charge in [-0.3, -0.25) is 9.78 Å². The summed E-state index contributed by atoms with van der Waals surface area (Å²) in [7, 11) is 1.65. The number of methoxy groups -OCH3 is 1. The number of hydrogen-bond donors (Lipinski definition) is 1. The topological polar surface area (TPSA) is 60.5 Å². The van der Waals surface area contributed by atoms with E-state index in [1.165, 1.54) is 0 Å². The van der Waals surface area contributed by atoms with Crippen molar-refractivity contribution in [3.63, 3.8) is 0 Å². The zero-order valence-electron chi connectivity index (χ0n) is 21.4. The van der Waals surface area contributed by atoms with Gasteiger partial charge in [0.2, 0.25) is 0 Å². The minimum absolute atomic E-state index is 0.105. The molecule has 4 aromatic rings. The Labute approximate surface area is 217 Å². The first-order valence-corrected chi connectivity index (χ1v) is 12.7. The molecule has 3 aromatic carbocycles. The standard InChI is InChI=1S/C32H30N2O3/c1-32(2)17-23-29-22-10-7-15-33-24(22)12-13-25(29)34-31(30(23)26(35)18-32)21-11-14-27(28(16-21)36-3)37-19-20-8-5-4-6-9-20/h4-16,31,34H,17-19H2,1-3H3. The summed E-state index contributed by atoms with van der Waals surface area (Å²) >= 11 is 0. The van der Waals surface area contributed by atoms with E-state index < -0.39 is 0 Å². The highest BCUT2D eigenvalue weighted by Gasteiger charge is 2.41. The van der Waals surface area contributed by atoms with Gasteiger partial charge in [0.15, 0.2) is 17.3 Å². The third-order valence-electron chi connectivity index (χ3n) is 7.35. The summed E-state index contributed by atoms with van der Waals surface area (Å²) in [4.78, 5) is 18.3. The maximum absolute atomic E-state index is 13.7. The number of carbonyl (C=O) groups excluding carboxylic acids is 1. The molecular weight excluding hydrogens is 460 g/mol. The zero-order chi connectivity index (χ0) is 25.6. The van der Waals surface area contributed by atoms with Crippen LogP contribution in [0.3, 0.4) is 0 Å². The molecule has 6 rings (SSSR count). The highest BCUT2D eigenvalue weighted by molar-refractivity contribution is 6.12. The number of ketones is 1. The van der Waals surface area contributed by atoms with Gasteiger partial charge in [-0.05, 0) is 58.9 Å². The molecule has 2 heterocycles. The van der Waals surface area contributed by atoms with Crippen LogP contribution in [-0.4, -0.2) is 17.9 Å². The molecule has 5 heteroatoms. The molecule has 1 aliphatic carbocycles. The van der Waals surface area contributed by atoms with Crippen LogP contribution in [0.25, 0.3) is 16.5 Å². The lowest BCUT2D eigenvalue weighted by atomic mass is 9.68. The first kappa shape index (κ1) is 23.3. The van der Waals surface area contributed by atoms with Crippen LogP contribution in [0.1, 0.15) is 49.4 Å². The Bertz CT molecular complexity index is 1540. The molecule has 0 spiro atoms. The van der Waals surface area contributed by atoms with Gasteiger partial charge >= 0.3 is 0 Å². The molecule has 0 fully saturated rings. The molecule has 1 unspecified atom stereocenters. The number of nitrogens with one attached hydrogen (secondary N) is 1. The number of rotatable bonds is 5. The molecule has 0 radical (unpaired) electrons. The number of nitrogens with zero attached hydrogens (tertiary/aromatic N) is 1. The van der Waals surface area contributed by atoms with E-state index in [-0.39, 0.29) is 17.2 Å². The zero-order valence-corrected chi connectivity index (χ0v) is 21.4. The predicted molar refractivity (Wildman–Crippen MR) is 147 cm³/mol. The summed E-state index contributed by atoms with van der Waals surface area (Å²) in [6.45, 7) is 4.81. The second kappa shape index (κ2) is 9.07. The molecule has 5 nitrogen and oxygen atoms in total. The molecule has 2 aliphatic rings. The quantitative estimate of drug-likeness (QED) is 0.322. The van der Waals surface area contributed by atoms with Crippen molar-refractivity contribution >= 4 is 27.9 Å². The second-order valence-corrected chi connectivity index (χ2v) is 10.7. The van der Waals surface area contributed by atoms with Crippen molar-refractivity contribution in [1.82, 2.24) is 4.98 Å². The van der Waals surface area contributed by atoms with Crippen LogP contribution in [0.4, 0.5) is 5.69 Å². The van der Waals surface area contributed by atoms with Crippen LogP contribution in [0.15, 0.2) is 84.6 Å². The van der Waals surface area contributed by atoms with Gasteiger partial charge in [0.1, 0.15) is 6.61 Å². The number of benzene rings is 3. The largest absolute Gasteiger partial charge is 0.493 e. The predicted octanol–water partition coefficient (Wildman–Crippen LogP) is 7.13. The normalized spacial score (nSPS) is 18.1. The molecular formula is C32H30N2O3. The maximum Gasteiger partial charge on any atom is 0.162 e. The van der Waals surface area contributed by atoms with Crippen molar-refractivity contribution in [3.8, 4) is 11.5 Å². The van der Waals surface area contributed by atoms with E-state index in [9.17, 15) is 4.79 Å². The number of hydrogen-bond acceptors (Lipinski definition) is 5. The fraction of sp³-hybridized carbons (Fsp3) is 0.250. The van der Waals surface area contributed by atoms with Crippen LogP contribution in [-0.2, 0) is 11.4 Å². The SMILES string of the molecule is COc1cc(C2Nc3ccc4ncccc4c3C3=C2C(=O)CC(C)(C)C3)ccc1OCc1ccccc1. The summed E-state index contributed by atoms with van der Waals surface area (Å²) in [5, 5.41) is 4.76. The minimum atomic E-state index is -0.266. The van der Waals surface area contributed by atoms with Gasteiger partial charge in [0.05, 0.1) is 18.7 Å². The van der Waals surface area contributed by atoms with Crippen molar-refractivity contribution < 1.29 is 14.3 Å². The van der Waals surface area contributed by atoms with Gasteiger partial charge in [-0.25, -0.2) is 0 Å². The summed E-state index contributed by atoms with van der Waals surface area (Å²) < 4.78 is 11.8. The highest BCUT2D eigenvalue weighted by Crippen LogP contribution is 2.52. The number of anilines is 1. The van der Waals surface area contributed by atoms with Gasteiger partial charge in [-0.15, -0.1) is 0 Å². The summed E-state index contributed by atoms with van der Waals surface area (Å²) in [6, 6.07) is 23.9. The lowest BCUT2D eigenvalue weighted by Crippen LogP contribution is -2.33. The van der Waals surface area contributed by atoms with Crippen LogP contribution in [0.2, 0.25) is 0 Å². The molecule has 1 aliphatic heterocycles. The van der Waals surface area contributed by atoms with Gasteiger partial charge in [-0.2, -0.15) is 0 Å². The average molecular weight is 491 g/mol. The molecule has 186 valence electrons.